The van der Waals surface area contributed by atoms with Crippen LogP contribution >= 0.6 is 0 Å². The maximum Gasteiger partial charge on any atom is 0.413 e. The Kier molecular flexibility index (Phi) is 3.55. The van der Waals surface area contributed by atoms with Crippen molar-refractivity contribution < 1.29 is 14.3 Å². The molecule has 2 rings (SSSR count). The molecule has 0 spiro atoms. The lowest BCUT2D eigenvalue weighted by atomic mass is 10.2. The quantitative estimate of drug-likeness (QED) is 0.850. The fraction of sp³-hybridized carbons (Fsp3) is 0.500. The molecule has 1 amide bonds. The summed E-state index contributed by atoms with van der Waals surface area (Å²) < 4.78 is 5.13. The number of ether oxygens (including phenoxy) is 1. The van der Waals surface area contributed by atoms with Gasteiger partial charge in [0.25, 0.3) is 0 Å². The highest BCUT2D eigenvalue weighted by molar-refractivity contribution is 5.98. The number of carbonyl (C=O) groups is 2. The van der Waals surface area contributed by atoms with Crippen LogP contribution in [0.5, 0.6) is 0 Å². The van der Waals surface area contributed by atoms with Crippen molar-refractivity contribution in [3.8, 4) is 0 Å². The van der Waals surface area contributed by atoms with Gasteiger partial charge < -0.3 is 4.74 Å². The molecule has 1 aliphatic carbocycles. The average molecular weight is 262 g/mol. The maximum absolute atomic E-state index is 11.9. The summed E-state index contributed by atoms with van der Waals surface area (Å²) in [5.74, 6) is 0.498. The Bertz CT molecular complexity index is 502. The molecular formula is C14H18N2O3. The Morgan fingerprint density at radius 2 is 2.00 bits per heavy atom. The van der Waals surface area contributed by atoms with Gasteiger partial charge in [0.1, 0.15) is 17.1 Å². The van der Waals surface area contributed by atoms with Gasteiger partial charge in [-0.1, -0.05) is 6.07 Å². The van der Waals surface area contributed by atoms with Crippen LogP contribution in [0.25, 0.3) is 0 Å². The van der Waals surface area contributed by atoms with Gasteiger partial charge >= 0.3 is 6.09 Å². The summed E-state index contributed by atoms with van der Waals surface area (Å²) in [5, 5.41) is 2.53. The number of anilines is 1. The number of carbonyl (C=O) groups excluding carboxylic acids is 2. The number of amides is 1. The molecule has 5 heteroatoms. The van der Waals surface area contributed by atoms with E-state index in [1.54, 1.807) is 39.0 Å². The van der Waals surface area contributed by atoms with E-state index in [2.05, 4.69) is 10.3 Å². The van der Waals surface area contributed by atoms with Gasteiger partial charge in [0.05, 0.1) is 0 Å². The Labute approximate surface area is 112 Å². The molecule has 0 atom stereocenters. The molecule has 0 bridgehead atoms. The number of pyridine rings is 1. The van der Waals surface area contributed by atoms with Crippen molar-refractivity contribution >= 4 is 17.7 Å². The second kappa shape index (κ2) is 4.99. The van der Waals surface area contributed by atoms with Crippen LogP contribution in [-0.4, -0.2) is 22.5 Å². The van der Waals surface area contributed by atoms with E-state index in [0.29, 0.717) is 11.5 Å². The summed E-state index contributed by atoms with van der Waals surface area (Å²) >= 11 is 0. The third-order valence-corrected chi connectivity index (χ3v) is 2.58. The molecular weight excluding hydrogens is 244 g/mol. The van der Waals surface area contributed by atoms with E-state index >= 15 is 0 Å². The highest BCUT2D eigenvalue weighted by Crippen LogP contribution is 2.32. The van der Waals surface area contributed by atoms with Crippen molar-refractivity contribution in [1.82, 2.24) is 4.98 Å². The molecule has 1 fully saturated rings. The van der Waals surface area contributed by atoms with Crippen LogP contribution in [0.1, 0.15) is 44.1 Å². The van der Waals surface area contributed by atoms with Crippen molar-refractivity contribution in [3.05, 3.63) is 23.9 Å². The topological polar surface area (TPSA) is 68.3 Å². The molecule has 1 aromatic rings. The van der Waals surface area contributed by atoms with E-state index in [1.807, 2.05) is 0 Å². The zero-order valence-corrected chi connectivity index (χ0v) is 11.4. The van der Waals surface area contributed by atoms with Crippen molar-refractivity contribution in [3.63, 3.8) is 0 Å². The van der Waals surface area contributed by atoms with Crippen LogP contribution in [0, 0.1) is 5.92 Å². The van der Waals surface area contributed by atoms with Crippen LogP contribution in [0.3, 0.4) is 0 Å². The zero-order chi connectivity index (χ0) is 14.0. The van der Waals surface area contributed by atoms with Gasteiger partial charge in [-0.25, -0.2) is 9.78 Å². The van der Waals surface area contributed by atoms with Gasteiger partial charge in [-0.15, -0.1) is 0 Å². The summed E-state index contributed by atoms with van der Waals surface area (Å²) in [4.78, 5) is 27.6. The third-order valence-electron chi connectivity index (χ3n) is 2.58. The van der Waals surface area contributed by atoms with E-state index in [1.165, 1.54) is 0 Å². The molecule has 0 saturated heterocycles. The third kappa shape index (κ3) is 4.05. The number of aromatic nitrogens is 1. The summed E-state index contributed by atoms with van der Waals surface area (Å²) in [6.45, 7) is 5.35. The van der Waals surface area contributed by atoms with E-state index < -0.39 is 11.7 Å². The van der Waals surface area contributed by atoms with Crippen LogP contribution in [0.15, 0.2) is 18.2 Å². The van der Waals surface area contributed by atoms with Gasteiger partial charge in [-0.3, -0.25) is 10.1 Å². The van der Waals surface area contributed by atoms with Crippen LogP contribution < -0.4 is 5.32 Å². The first kappa shape index (κ1) is 13.5. The molecule has 0 aliphatic heterocycles. The molecule has 1 aliphatic rings. The predicted octanol–water partition coefficient (Wildman–Crippen LogP) is 3.02. The molecule has 19 heavy (non-hydrogen) atoms. The van der Waals surface area contributed by atoms with E-state index in [4.69, 9.17) is 4.74 Å². The molecule has 1 N–H and O–H groups in total. The highest BCUT2D eigenvalue weighted by atomic mass is 16.6. The standard InChI is InChI=1S/C14H18N2O3/c1-14(2,3)19-13(18)16-11-6-4-5-10(15-11)12(17)9-7-8-9/h4-6,9H,7-8H2,1-3H3,(H,15,16,18). The number of nitrogens with one attached hydrogen (secondary N) is 1. The van der Waals surface area contributed by atoms with Gasteiger partial charge in [-0.05, 0) is 45.7 Å². The number of ketones is 1. The van der Waals surface area contributed by atoms with Gasteiger partial charge in [0, 0.05) is 5.92 Å². The first-order chi connectivity index (χ1) is 8.85. The zero-order valence-electron chi connectivity index (χ0n) is 11.4. The van der Waals surface area contributed by atoms with Gasteiger partial charge in [-0.2, -0.15) is 0 Å². The number of hydrogen-bond donors (Lipinski definition) is 1. The number of nitrogens with zero attached hydrogens (tertiary/aromatic N) is 1. The molecule has 0 radical (unpaired) electrons. The second-order valence-corrected chi connectivity index (χ2v) is 5.67. The molecule has 0 unspecified atom stereocenters. The van der Waals surface area contributed by atoms with Crippen molar-refractivity contribution in [2.45, 2.75) is 39.2 Å². The summed E-state index contributed by atoms with van der Waals surface area (Å²) in [6.07, 6.45) is 1.30. The SMILES string of the molecule is CC(C)(C)OC(=O)Nc1cccc(C(=O)C2CC2)n1. The Hall–Kier alpha value is -1.91. The minimum atomic E-state index is -0.573. The van der Waals surface area contributed by atoms with E-state index in [9.17, 15) is 9.59 Å². The van der Waals surface area contributed by atoms with Crippen molar-refractivity contribution in [1.29, 1.82) is 0 Å². The van der Waals surface area contributed by atoms with Gasteiger partial charge in [0.2, 0.25) is 0 Å². The van der Waals surface area contributed by atoms with Crippen molar-refractivity contribution in [2.24, 2.45) is 5.92 Å². The molecule has 1 aromatic heterocycles. The fourth-order valence-electron chi connectivity index (χ4n) is 1.60. The van der Waals surface area contributed by atoms with Gasteiger partial charge in [0.15, 0.2) is 5.78 Å². The highest BCUT2D eigenvalue weighted by Gasteiger charge is 2.31. The first-order valence-corrected chi connectivity index (χ1v) is 6.36. The summed E-state index contributed by atoms with van der Waals surface area (Å²) in [5.41, 5.74) is -0.165. The molecule has 0 aromatic carbocycles. The molecule has 1 saturated carbocycles. The predicted molar refractivity (Wildman–Crippen MR) is 71.1 cm³/mol. The van der Waals surface area contributed by atoms with Crippen LogP contribution in [0.4, 0.5) is 10.6 Å². The number of Topliss-reactive ketones (excluding diaryl/α,β-unsaturated/α-hetero) is 1. The monoisotopic (exact) mass is 262 g/mol. The maximum atomic E-state index is 11.9. The Morgan fingerprint density at radius 1 is 1.32 bits per heavy atom. The van der Waals surface area contributed by atoms with Crippen molar-refractivity contribution in [2.75, 3.05) is 5.32 Å². The lowest BCUT2D eigenvalue weighted by Gasteiger charge is -2.19. The first-order valence-electron chi connectivity index (χ1n) is 6.36. The van der Waals surface area contributed by atoms with E-state index in [-0.39, 0.29) is 11.7 Å². The number of hydrogen-bond acceptors (Lipinski definition) is 4. The van der Waals surface area contributed by atoms with Crippen LogP contribution in [0.2, 0.25) is 0 Å². The lowest BCUT2D eigenvalue weighted by Crippen LogP contribution is -2.27. The summed E-state index contributed by atoms with van der Waals surface area (Å²) in [6, 6.07) is 5.00. The lowest BCUT2D eigenvalue weighted by molar-refractivity contribution is 0.0635. The van der Waals surface area contributed by atoms with E-state index in [0.717, 1.165) is 12.8 Å². The normalized spacial score (nSPS) is 14.9. The largest absolute Gasteiger partial charge is 0.444 e. The Morgan fingerprint density at radius 3 is 2.58 bits per heavy atom. The minimum absolute atomic E-state index is 0.0489. The molecule has 102 valence electrons. The van der Waals surface area contributed by atoms with Crippen LogP contribution in [-0.2, 0) is 4.74 Å². The second-order valence-electron chi connectivity index (χ2n) is 5.67. The smallest absolute Gasteiger partial charge is 0.413 e. The molecule has 1 heterocycles. The Balaban J connectivity index is 2.02. The fourth-order valence-corrected chi connectivity index (χ4v) is 1.60. The summed E-state index contributed by atoms with van der Waals surface area (Å²) in [7, 11) is 0. The minimum Gasteiger partial charge on any atom is -0.444 e. The molecule has 5 nitrogen and oxygen atoms in total. The number of rotatable bonds is 3. The average Bonchev–Trinajstić information content (AvgIpc) is 3.09.